The van der Waals surface area contributed by atoms with Gasteiger partial charge in [0.15, 0.2) is 0 Å². The van der Waals surface area contributed by atoms with Crippen LogP contribution in [-0.4, -0.2) is 22.4 Å². The third kappa shape index (κ3) is 3.34. The van der Waals surface area contributed by atoms with Crippen molar-refractivity contribution in [3.05, 3.63) is 58.3 Å². The lowest BCUT2D eigenvalue weighted by Crippen LogP contribution is -2.23. The van der Waals surface area contributed by atoms with Crippen LogP contribution in [0.3, 0.4) is 0 Å². The smallest absolute Gasteiger partial charge is 0.269 e. The molecular formula is C17H18N4O3. The van der Waals surface area contributed by atoms with Crippen molar-refractivity contribution in [2.45, 2.75) is 25.8 Å². The molecule has 1 N–H and O–H groups in total. The summed E-state index contributed by atoms with van der Waals surface area (Å²) in [5.41, 5.74) is 1.67. The van der Waals surface area contributed by atoms with Crippen molar-refractivity contribution in [1.29, 1.82) is 0 Å². The van der Waals surface area contributed by atoms with Gasteiger partial charge in [0.25, 0.3) is 5.69 Å². The Bertz CT molecular complexity index is 761. The summed E-state index contributed by atoms with van der Waals surface area (Å²) in [6.45, 7) is 2.65. The second-order valence-electron chi connectivity index (χ2n) is 5.77. The van der Waals surface area contributed by atoms with Crippen LogP contribution in [0.1, 0.15) is 31.4 Å². The number of aromatic nitrogens is 1. The van der Waals surface area contributed by atoms with E-state index in [4.69, 9.17) is 0 Å². The van der Waals surface area contributed by atoms with Crippen LogP contribution in [0.2, 0.25) is 0 Å². The Morgan fingerprint density at radius 3 is 2.79 bits per heavy atom. The van der Waals surface area contributed by atoms with Gasteiger partial charge in [-0.2, -0.15) is 0 Å². The minimum Gasteiger partial charge on any atom is -0.364 e. The van der Waals surface area contributed by atoms with Crippen LogP contribution in [0.25, 0.3) is 0 Å². The van der Waals surface area contributed by atoms with E-state index in [1.54, 1.807) is 23.2 Å². The summed E-state index contributed by atoms with van der Waals surface area (Å²) in [5, 5.41) is 14.1. The fraction of sp³-hybridized carbons (Fsp3) is 0.294. The summed E-state index contributed by atoms with van der Waals surface area (Å²) in [5.74, 6) is 0.784. The van der Waals surface area contributed by atoms with Crippen LogP contribution in [0, 0.1) is 10.1 Å². The first-order chi connectivity index (χ1) is 11.5. The zero-order valence-electron chi connectivity index (χ0n) is 13.3. The molecule has 1 saturated heterocycles. The minimum absolute atomic E-state index is 0.0667. The lowest BCUT2D eigenvalue weighted by Gasteiger charge is -2.17. The van der Waals surface area contributed by atoms with Crippen LogP contribution >= 0.6 is 0 Å². The number of carbonyl (C=O) groups is 1. The molecule has 7 heteroatoms. The number of nitrogens with zero attached hydrogens (tertiary/aromatic N) is 3. The summed E-state index contributed by atoms with van der Waals surface area (Å²) in [7, 11) is 0. The van der Waals surface area contributed by atoms with Gasteiger partial charge in [-0.05, 0) is 31.0 Å². The molecule has 1 aromatic heterocycles. The van der Waals surface area contributed by atoms with E-state index < -0.39 is 4.92 Å². The van der Waals surface area contributed by atoms with E-state index >= 15 is 0 Å². The van der Waals surface area contributed by atoms with Crippen molar-refractivity contribution >= 4 is 23.1 Å². The molecule has 2 aromatic rings. The monoisotopic (exact) mass is 326 g/mol. The highest BCUT2D eigenvalue weighted by molar-refractivity contribution is 5.95. The topological polar surface area (TPSA) is 88.4 Å². The number of nitro benzene ring substituents is 1. The number of hydrogen-bond donors (Lipinski definition) is 1. The molecule has 3 rings (SSSR count). The van der Waals surface area contributed by atoms with E-state index in [9.17, 15) is 14.9 Å². The van der Waals surface area contributed by atoms with Crippen LogP contribution in [-0.2, 0) is 4.79 Å². The molecule has 0 aliphatic carbocycles. The van der Waals surface area contributed by atoms with Gasteiger partial charge in [0, 0.05) is 25.1 Å². The third-order valence-corrected chi connectivity index (χ3v) is 4.08. The molecule has 1 atom stereocenters. The Morgan fingerprint density at radius 2 is 2.17 bits per heavy atom. The molecule has 0 unspecified atom stereocenters. The van der Waals surface area contributed by atoms with Crippen LogP contribution < -0.4 is 10.2 Å². The zero-order chi connectivity index (χ0) is 17.1. The summed E-state index contributed by atoms with van der Waals surface area (Å²) < 4.78 is 0. The van der Waals surface area contributed by atoms with Crippen LogP contribution in [0.15, 0.2) is 42.6 Å². The number of pyridine rings is 1. The predicted molar refractivity (Wildman–Crippen MR) is 91.0 cm³/mol. The highest BCUT2D eigenvalue weighted by Gasteiger charge is 2.21. The number of nitro groups is 1. The van der Waals surface area contributed by atoms with Gasteiger partial charge < -0.3 is 10.2 Å². The van der Waals surface area contributed by atoms with Crippen molar-refractivity contribution in [3.63, 3.8) is 0 Å². The van der Waals surface area contributed by atoms with E-state index in [0.29, 0.717) is 12.2 Å². The molecule has 1 amide bonds. The van der Waals surface area contributed by atoms with Crippen molar-refractivity contribution < 1.29 is 9.72 Å². The zero-order valence-corrected chi connectivity index (χ0v) is 13.3. The number of carbonyl (C=O) groups excluding carboxylic acids is 1. The lowest BCUT2D eigenvalue weighted by atomic mass is 10.1. The quantitative estimate of drug-likeness (QED) is 0.673. The Morgan fingerprint density at radius 1 is 1.33 bits per heavy atom. The molecule has 0 spiro atoms. The SMILES string of the molecule is C[C@@H](Nc1ccc(N2CCCC2=O)cn1)c1cccc([N+](=O)[O-])c1. The molecule has 2 heterocycles. The molecule has 0 saturated carbocycles. The average Bonchev–Trinajstić information content (AvgIpc) is 3.01. The van der Waals surface area contributed by atoms with Gasteiger partial charge >= 0.3 is 0 Å². The second-order valence-corrected chi connectivity index (χ2v) is 5.77. The summed E-state index contributed by atoms with van der Waals surface area (Å²) in [4.78, 5) is 28.3. The maximum absolute atomic E-state index is 11.7. The summed E-state index contributed by atoms with van der Waals surface area (Å²) >= 11 is 0. The molecule has 24 heavy (non-hydrogen) atoms. The standard InChI is InChI=1S/C17H18N4O3/c1-12(13-4-2-5-14(10-13)21(23)24)19-16-8-7-15(11-18-16)20-9-3-6-17(20)22/h2,4-5,7-8,10-12H,3,6,9H2,1H3,(H,18,19)/t12-/m1/s1. The molecule has 1 fully saturated rings. The first-order valence-electron chi connectivity index (χ1n) is 7.82. The fourth-order valence-corrected chi connectivity index (χ4v) is 2.77. The molecule has 0 bridgehead atoms. The van der Waals surface area contributed by atoms with Gasteiger partial charge in [0.05, 0.1) is 22.8 Å². The van der Waals surface area contributed by atoms with Gasteiger partial charge in [-0.25, -0.2) is 4.98 Å². The van der Waals surface area contributed by atoms with Gasteiger partial charge in [0.2, 0.25) is 5.91 Å². The number of hydrogen-bond acceptors (Lipinski definition) is 5. The maximum Gasteiger partial charge on any atom is 0.269 e. The number of anilines is 2. The lowest BCUT2D eigenvalue weighted by molar-refractivity contribution is -0.384. The van der Waals surface area contributed by atoms with Gasteiger partial charge in [-0.15, -0.1) is 0 Å². The first kappa shape index (κ1) is 15.9. The highest BCUT2D eigenvalue weighted by atomic mass is 16.6. The normalized spacial score (nSPS) is 15.4. The first-order valence-corrected chi connectivity index (χ1v) is 7.82. The Hall–Kier alpha value is -2.96. The van der Waals surface area contributed by atoms with Crippen molar-refractivity contribution in [2.75, 3.05) is 16.8 Å². The van der Waals surface area contributed by atoms with Crippen molar-refractivity contribution in [1.82, 2.24) is 4.98 Å². The number of non-ortho nitro benzene ring substituents is 1. The van der Waals surface area contributed by atoms with E-state index in [1.807, 2.05) is 25.1 Å². The second kappa shape index (κ2) is 6.66. The largest absolute Gasteiger partial charge is 0.364 e. The maximum atomic E-state index is 11.7. The van der Waals surface area contributed by atoms with Gasteiger partial charge in [-0.1, -0.05) is 12.1 Å². The molecule has 7 nitrogen and oxygen atoms in total. The van der Waals surface area contributed by atoms with Gasteiger partial charge in [0.1, 0.15) is 5.82 Å². The highest BCUT2D eigenvalue weighted by Crippen LogP contribution is 2.24. The molecule has 124 valence electrons. The molecule has 1 aliphatic heterocycles. The minimum atomic E-state index is -0.406. The number of rotatable bonds is 5. The molecular weight excluding hydrogens is 308 g/mol. The van der Waals surface area contributed by atoms with E-state index in [2.05, 4.69) is 10.3 Å². The van der Waals surface area contributed by atoms with E-state index in [0.717, 1.165) is 24.2 Å². The van der Waals surface area contributed by atoms with Crippen molar-refractivity contribution in [3.8, 4) is 0 Å². The summed E-state index contributed by atoms with van der Waals surface area (Å²) in [6, 6.07) is 10.1. The number of amides is 1. The molecule has 0 radical (unpaired) electrons. The number of nitrogens with one attached hydrogen (secondary N) is 1. The average molecular weight is 326 g/mol. The van der Waals surface area contributed by atoms with E-state index in [1.165, 1.54) is 6.07 Å². The van der Waals surface area contributed by atoms with Crippen molar-refractivity contribution in [2.24, 2.45) is 0 Å². The molecule has 1 aromatic carbocycles. The fourth-order valence-electron chi connectivity index (χ4n) is 2.77. The van der Waals surface area contributed by atoms with Gasteiger partial charge in [-0.3, -0.25) is 14.9 Å². The van der Waals surface area contributed by atoms with Crippen LogP contribution in [0.4, 0.5) is 17.2 Å². The summed E-state index contributed by atoms with van der Waals surface area (Å²) in [6.07, 6.45) is 3.14. The third-order valence-electron chi connectivity index (χ3n) is 4.08. The van der Waals surface area contributed by atoms with Crippen LogP contribution in [0.5, 0.6) is 0 Å². The Balaban J connectivity index is 1.70. The Kier molecular flexibility index (Phi) is 4.41. The Labute approximate surface area is 139 Å². The predicted octanol–water partition coefficient (Wildman–Crippen LogP) is 3.29. The molecule has 1 aliphatic rings. The number of benzene rings is 1. The van der Waals surface area contributed by atoms with E-state index in [-0.39, 0.29) is 17.6 Å².